The fraction of sp³-hybridized carbons (Fsp3) is 0.125. The van der Waals surface area contributed by atoms with Gasteiger partial charge < -0.3 is 5.73 Å². The summed E-state index contributed by atoms with van der Waals surface area (Å²) in [5.41, 5.74) is 7.90. The Labute approximate surface area is 214 Å². The monoisotopic (exact) mass is 540 g/mol. The smallest absolute Gasteiger partial charge is 0.367 e. The Morgan fingerprint density at radius 2 is 1.71 bits per heavy atom. The highest BCUT2D eigenvalue weighted by atomic mass is 32.2. The van der Waals surface area contributed by atoms with Gasteiger partial charge in [-0.3, -0.25) is 0 Å². The fourth-order valence-corrected chi connectivity index (χ4v) is 4.95. The van der Waals surface area contributed by atoms with Crippen molar-refractivity contribution >= 4 is 21.7 Å². The third-order valence-corrected chi connectivity index (χ3v) is 7.11. The standard InChI is InChI=1S/C24H19F3N8O2S/c25-24(26,27)18-7-4-8-19(13-18)38(36,37)32-23(28)35-14-20(15-5-2-1-3-6-15)21(31-35)16-9-11-17(12-10-16)22-29-33-34-30-22/h1-13,20H,14H2,(H2,28,32)(H,29,30,33,34). The highest BCUT2D eigenvalue weighted by Crippen LogP contribution is 2.32. The summed E-state index contributed by atoms with van der Waals surface area (Å²) >= 11 is 0. The SMILES string of the molecule is N/C(=N\S(=O)(=O)c1cccc(C(F)(F)F)c1)N1CC(c2ccccc2)C(c2ccc(-c3nn[nH]n3)cc2)=N1. The van der Waals surface area contributed by atoms with E-state index in [-0.39, 0.29) is 12.5 Å². The van der Waals surface area contributed by atoms with Crippen molar-refractivity contribution in [3.8, 4) is 11.4 Å². The number of sulfonamides is 1. The van der Waals surface area contributed by atoms with E-state index < -0.39 is 32.6 Å². The molecule has 3 N–H and O–H groups in total. The van der Waals surface area contributed by atoms with Crippen molar-refractivity contribution in [2.75, 3.05) is 6.54 Å². The van der Waals surface area contributed by atoms with Gasteiger partial charge in [0.15, 0.2) is 0 Å². The van der Waals surface area contributed by atoms with Gasteiger partial charge in [0.05, 0.1) is 22.7 Å². The first kappa shape index (κ1) is 25.1. The lowest BCUT2D eigenvalue weighted by Crippen LogP contribution is -2.33. The Hall–Kier alpha value is -4.59. The summed E-state index contributed by atoms with van der Waals surface area (Å²) < 4.78 is 68.4. The predicted molar refractivity (Wildman–Crippen MR) is 132 cm³/mol. The quantitative estimate of drug-likeness (QED) is 0.292. The first-order valence-corrected chi connectivity index (χ1v) is 12.6. The molecule has 14 heteroatoms. The summed E-state index contributed by atoms with van der Waals surface area (Å²) in [7, 11) is -4.55. The molecule has 0 fully saturated rings. The van der Waals surface area contributed by atoms with Gasteiger partial charge in [-0.2, -0.15) is 31.9 Å². The number of hydrogen-bond acceptors (Lipinski definition) is 6. The van der Waals surface area contributed by atoms with Crippen LogP contribution in [-0.2, 0) is 16.2 Å². The fourth-order valence-electron chi connectivity index (χ4n) is 3.98. The van der Waals surface area contributed by atoms with Crippen LogP contribution >= 0.6 is 0 Å². The van der Waals surface area contributed by atoms with Gasteiger partial charge in [-0.15, -0.1) is 14.6 Å². The molecule has 4 aromatic rings. The zero-order chi connectivity index (χ0) is 26.9. The number of nitrogens with zero attached hydrogens (tertiary/aromatic N) is 6. The molecule has 0 spiro atoms. The second-order valence-electron chi connectivity index (χ2n) is 8.29. The maximum absolute atomic E-state index is 13.1. The number of nitrogens with two attached hydrogens (primary N) is 1. The van der Waals surface area contributed by atoms with E-state index in [9.17, 15) is 21.6 Å². The number of rotatable bonds is 5. The van der Waals surface area contributed by atoms with Crippen LogP contribution in [0.4, 0.5) is 13.2 Å². The molecule has 5 rings (SSSR count). The second-order valence-corrected chi connectivity index (χ2v) is 9.90. The molecule has 0 radical (unpaired) electrons. The number of alkyl halides is 3. The molecule has 2 heterocycles. The lowest BCUT2D eigenvalue weighted by Gasteiger charge is -2.16. The lowest BCUT2D eigenvalue weighted by atomic mass is 9.90. The summed E-state index contributed by atoms with van der Waals surface area (Å²) in [6.07, 6.45) is -4.71. The van der Waals surface area contributed by atoms with Crippen LogP contribution in [0.2, 0.25) is 0 Å². The van der Waals surface area contributed by atoms with Crippen molar-refractivity contribution < 1.29 is 21.6 Å². The van der Waals surface area contributed by atoms with E-state index in [2.05, 4.69) is 30.1 Å². The Bertz CT molecular complexity index is 1600. The minimum Gasteiger partial charge on any atom is -0.367 e. The Morgan fingerprint density at radius 1 is 1.00 bits per heavy atom. The minimum absolute atomic E-state index is 0.166. The van der Waals surface area contributed by atoms with Crippen molar-refractivity contribution in [2.45, 2.75) is 17.0 Å². The van der Waals surface area contributed by atoms with Gasteiger partial charge in [0, 0.05) is 11.5 Å². The molecule has 1 unspecified atom stereocenters. The van der Waals surface area contributed by atoms with Crippen molar-refractivity contribution in [3.05, 3.63) is 95.6 Å². The zero-order valence-electron chi connectivity index (χ0n) is 19.4. The molecule has 1 aliphatic heterocycles. The van der Waals surface area contributed by atoms with E-state index in [0.717, 1.165) is 34.9 Å². The number of aromatic nitrogens is 4. The number of hydrogen-bond donors (Lipinski definition) is 2. The number of H-pyrrole nitrogens is 1. The zero-order valence-corrected chi connectivity index (χ0v) is 20.2. The van der Waals surface area contributed by atoms with Gasteiger partial charge in [-0.05, 0) is 34.5 Å². The van der Waals surface area contributed by atoms with E-state index in [4.69, 9.17) is 5.73 Å². The number of benzene rings is 3. The summed E-state index contributed by atoms with van der Waals surface area (Å²) in [6, 6.07) is 19.9. The third kappa shape index (κ3) is 5.11. The van der Waals surface area contributed by atoms with Crippen LogP contribution in [0.3, 0.4) is 0 Å². The van der Waals surface area contributed by atoms with Crippen LogP contribution in [0, 0.1) is 0 Å². The Balaban J connectivity index is 1.49. The average Bonchev–Trinajstić information content (AvgIpc) is 3.60. The molecule has 0 bridgehead atoms. The van der Waals surface area contributed by atoms with Crippen LogP contribution in [0.5, 0.6) is 0 Å². The highest BCUT2D eigenvalue weighted by Gasteiger charge is 2.33. The third-order valence-electron chi connectivity index (χ3n) is 5.84. The van der Waals surface area contributed by atoms with Crippen LogP contribution in [0.15, 0.2) is 93.3 Å². The molecule has 10 nitrogen and oxygen atoms in total. The molecule has 0 saturated carbocycles. The van der Waals surface area contributed by atoms with Gasteiger partial charge >= 0.3 is 6.18 Å². The normalized spacial score (nSPS) is 16.5. The summed E-state index contributed by atoms with van der Waals surface area (Å²) in [5, 5.41) is 19.6. The van der Waals surface area contributed by atoms with E-state index in [0.29, 0.717) is 17.6 Å². The largest absolute Gasteiger partial charge is 0.416 e. The number of aromatic amines is 1. The van der Waals surface area contributed by atoms with Gasteiger partial charge in [0.2, 0.25) is 11.8 Å². The van der Waals surface area contributed by atoms with Gasteiger partial charge in [0.1, 0.15) is 0 Å². The van der Waals surface area contributed by atoms with Crippen molar-refractivity contribution in [1.29, 1.82) is 0 Å². The topological polar surface area (TPSA) is 143 Å². The van der Waals surface area contributed by atoms with Gasteiger partial charge in [0.25, 0.3) is 10.0 Å². The lowest BCUT2D eigenvalue weighted by molar-refractivity contribution is -0.137. The molecule has 0 amide bonds. The molecule has 194 valence electrons. The van der Waals surface area contributed by atoms with E-state index >= 15 is 0 Å². The molecular formula is C24H19F3N8O2S. The maximum atomic E-state index is 13.1. The molecule has 1 aromatic heterocycles. The maximum Gasteiger partial charge on any atom is 0.416 e. The molecule has 38 heavy (non-hydrogen) atoms. The molecule has 3 aromatic carbocycles. The predicted octanol–water partition coefficient (Wildman–Crippen LogP) is 3.39. The van der Waals surface area contributed by atoms with Crippen LogP contribution in [0.25, 0.3) is 11.4 Å². The van der Waals surface area contributed by atoms with Gasteiger partial charge in [-0.25, -0.2) is 5.01 Å². The molecule has 1 atom stereocenters. The van der Waals surface area contributed by atoms with Crippen molar-refractivity contribution in [1.82, 2.24) is 25.6 Å². The van der Waals surface area contributed by atoms with E-state index in [1.54, 1.807) is 12.1 Å². The van der Waals surface area contributed by atoms with Crippen molar-refractivity contribution in [2.24, 2.45) is 15.2 Å². The Kier molecular flexibility index (Phi) is 6.40. The molecule has 1 aliphatic rings. The van der Waals surface area contributed by atoms with Crippen LogP contribution < -0.4 is 5.73 Å². The number of tetrazole rings is 1. The van der Waals surface area contributed by atoms with E-state index in [1.165, 1.54) is 5.01 Å². The summed E-state index contributed by atoms with van der Waals surface area (Å²) in [5.74, 6) is -0.346. The summed E-state index contributed by atoms with van der Waals surface area (Å²) in [6.45, 7) is 0.166. The first-order chi connectivity index (χ1) is 18.1. The van der Waals surface area contributed by atoms with Crippen LogP contribution in [-0.4, -0.2) is 52.3 Å². The second kappa shape index (κ2) is 9.70. The average molecular weight is 541 g/mol. The Morgan fingerprint density at radius 3 is 2.37 bits per heavy atom. The first-order valence-electron chi connectivity index (χ1n) is 11.1. The number of hydrazone groups is 1. The number of guanidine groups is 1. The van der Waals surface area contributed by atoms with Crippen molar-refractivity contribution in [3.63, 3.8) is 0 Å². The van der Waals surface area contributed by atoms with Crippen LogP contribution in [0.1, 0.15) is 22.6 Å². The molecule has 0 aliphatic carbocycles. The molecular weight excluding hydrogens is 521 g/mol. The minimum atomic E-state index is -4.71. The number of halogens is 3. The molecule has 0 saturated heterocycles. The van der Waals surface area contributed by atoms with Gasteiger partial charge in [-0.1, -0.05) is 60.7 Å². The van der Waals surface area contributed by atoms with E-state index in [1.807, 2.05) is 42.5 Å². The summed E-state index contributed by atoms with van der Waals surface area (Å²) in [4.78, 5) is -0.629. The highest BCUT2D eigenvalue weighted by molar-refractivity contribution is 7.90. The number of nitrogens with one attached hydrogen (secondary N) is 1.